The van der Waals surface area contributed by atoms with E-state index in [0.29, 0.717) is 13.2 Å². The first-order chi connectivity index (χ1) is 5.66. The van der Waals surface area contributed by atoms with Gasteiger partial charge in [0.15, 0.2) is 0 Å². The van der Waals surface area contributed by atoms with Crippen LogP contribution in [0.2, 0.25) is 0 Å². The number of ether oxygens (including phenoxy) is 2. The number of rotatable bonds is 6. The summed E-state index contributed by atoms with van der Waals surface area (Å²) in [4.78, 5) is 10.2. The van der Waals surface area contributed by atoms with Crippen molar-refractivity contribution in [3.63, 3.8) is 0 Å². The molecule has 1 atom stereocenters. The molecule has 12 heavy (non-hydrogen) atoms. The van der Waals surface area contributed by atoms with E-state index in [0.717, 1.165) is 12.8 Å². The number of amides is 1. The molecule has 4 nitrogen and oxygen atoms in total. The molecular formula is C8H17NO3. The van der Waals surface area contributed by atoms with Gasteiger partial charge in [0.05, 0.1) is 6.61 Å². The van der Waals surface area contributed by atoms with E-state index in [9.17, 15) is 4.79 Å². The Hall–Kier alpha value is -0.770. The molecule has 1 unspecified atom stereocenters. The Kier molecular flexibility index (Phi) is 6.47. The lowest BCUT2D eigenvalue weighted by molar-refractivity contribution is 0.0312. The Bertz CT molecular complexity index is 127. The van der Waals surface area contributed by atoms with Gasteiger partial charge >= 0.3 is 6.09 Å². The number of carbonyl (C=O) groups is 1. The fourth-order valence-corrected chi connectivity index (χ4v) is 0.728. The lowest BCUT2D eigenvalue weighted by Crippen LogP contribution is -2.24. The first-order valence-electron chi connectivity index (χ1n) is 4.20. The molecule has 0 heterocycles. The van der Waals surface area contributed by atoms with Crippen LogP contribution in [-0.2, 0) is 9.47 Å². The van der Waals surface area contributed by atoms with Gasteiger partial charge in [0, 0.05) is 6.61 Å². The van der Waals surface area contributed by atoms with Crippen molar-refractivity contribution < 1.29 is 14.3 Å². The Morgan fingerprint density at radius 1 is 1.58 bits per heavy atom. The molecule has 0 aromatic carbocycles. The van der Waals surface area contributed by atoms with Crippen LogP contribution >= 0.6 is 0 Å². The second-order valence-electron chi connectivity index (χ2n) is 2.68. The standard InChI is InChI=1S/C8H17NO3/c1-3-4-5-11-6-7(2)12-8(9)10/h7H,3-6H2,1-2H3,(H2,9,10). The molecule has 0 radical (unpaired) electrons. The zero-order valence-electron chi connectivity index (χ0n) is 7.71. The smallest absolute Gasteiger partial charge is 0.404 e. The number of hydrogen-bond acceptors (Lipinski definition) is 3. The highest BCUT2D eigenvalue weighted by Gasteiger charge is 2.04. The van der Waals surface area contributed by atoms with Gasteiger partial charge in [0.25, 0.3) is 0 Å². The molecule has 4 heteroatoms. The van der Waals surface area contributed by atoms with Gasteiger partial charge < -0.3 is 15.2 Å². The van der Waals surface area contributed by atoms with Gasteiger partial charge in [-0.2, -0.15) is 0 Å². The average Bonchev–Trinajstić information content (AvgIpc) is 1.97. The van der Waals surface area contributed by atoms with Crippen LogP contribution in [-0.4, -0.2) is 25.4 Å². The average molecular weight is 175 g/mol. The number of unbranched alkanes of at least 4 members (excludes halogenated alkanes) is 1. The molecule has 0 rings (SSSR count). The zero-order valence-corrected chi connectivity index (χ0v) is 7.71. The minimum absolute atomic E-state index is 0.251. The maximum absolute atomic E-state index is 10.2. The molecule has 0 aromatic heterocycles. The SMILES string of the molecule is CCCCOCC(C)OC(N)=O. The summed E-state index contributed by atoms with van der Waals surface area (Å²) in [6.07, 6.45) is 1.13. The number of hydrogen-bond donors (Lipinski definition) is 1. The van der Waals surface area contributed by atoms with Crippen LogP contribution in [0.5, 0.6) is 0 Å². The van der Waals surface area contributed by atoms with Crippen molar-refractivity contribution in [3.05, 3.63) is 0 Å². The van der Waals surface area contributed by atoms with Crippen molar-refractivity contribution in [3.8, 4) is 0 Å². The minimum atomic E-state index is -0.749. The first kappa shape index (κ1) is 11.2. The molecule has 0 saturated heterocycles. The molecule has 0 spiro atoms. The van der Waals surface area contributed by atoms with Crippen molar-refractivity contribution >= 4 is 6.09 Å². The van der Waals surface area contributed by atoms with E-state index in [2.05, 4.69) is 11.7 Å². The van der Waals surface area contributed by atoms with Gasteiger partial charge in [0.2, 0.25) is 0 Å². The van der Waals surface area contributed by atoms with Crippen LogP contribution in [0.1, 0.15) is 26.7 Å². The fraction of sp³-hybridized carbons (Fsp3) is 0.875. The van der Waals surface area contributed by atoms with Crippen LogP contribution in [0.15, 0.2) is 0 Å². The highest BCUT2D eigenvalue weighted by atomic mass is 16.6. The quantitative estimate of drug-likeness (QED) is 0.619. The van der Waals surface area contributed by atoms with E-state index in [1.807, 2.05) is 0 Å². The van der Waals surface area contributed by atoms with Crippen LogP contribution in [0, 0.1) is 0 Å². The maximum Gasteiger partial charge on any atom is 0.404 e. The Morgan fingerprint density at radius 3 is 2.75 bits per heavy atom. The third-order valence-electron chi connectivity index (χ3n) is 1.31. The van der Waals surface area contributed by atoms with Crippen LogP contribution in [0.3, 0.4) is 0 Å². The summed E-state index contributed by atoms with van der Waals surface area (Å²) >= 11 is 0. The molecule has 0 fully saturated rings. The molecule has 0 aromatic rings. The van der Waals surface area contributed by atoms with Crippen molar-refractivity contribution in [2.75, 3.05) is 13.2 Å². The van der Waals surface area contributed by atoms with Crippen molar-refractivity contribution in [1.29, 1.82) is 0 Å². The van der Waals surface area contributed by atoms with Crippen molar-refractivity contribution in [1.82, 2.24) is 0 Å². The zero-order chi connectivity index (χ0) is 9.40. The summed E-state index contributed by atoms with van der Waals surface area (Å²) in [5, 5.41) is 0. The monoisotopic (exact) mass is 175 g/mol. The van der Waals surface area contributed by atoms with Gasteiger partial charge in [-0.25, -0.2) is 4.79 Å². The van der Waals surface area contributed by atoms with Crippen LogP contribution < -0.4 is 5.73 Å². The highest BCUT2D eigenvalue weighted by Crippen LogP contribution is 1.94. The number of primary amides is 1. The molecule has 72 valence electrons. The van der Waals surface area contributed by atoms with Gasteiger partial charge in [-0.15, -0.1) is 0 Å². The molecule has 0 aliphatic rings. The lowest BCUT2D eigenvalue weighted by Gasteiger charge is -2.11. The Balaban J connectivity index is 3.19. The summed E-state index contributed by atoms with van der Waals surface area (Å²) in [5.41, 5.74) is 4.81. The molecule has 0 bridgehead atoms. The largest absolute Gasteiger partial charge is 0.444 e. The molecule has 2 N–H and O–H groups in total. The summed E-state index contributed by atoms with van der Waals surface area (Å²) in [7, 11) is 0. The van der Waals surface area contributed by atoms with Gasteiger partial charge in [-0.1, -0.05) is 13.3 Å². The van der Waals surface area contributed by atoms with E-state index in [4.69, 9.17) is 10.5 Å². The summed E-state index contributed by atoms with van der Waals surface area (Å²) in [5.74, 6) is 0. The molecule has 0 saturated carbocycles. The van der Waals surface area contributed by atoms with E-state index < -0.39 is 6.09 Å². The predicted octanol–water partition coefficient (Wildman–Crippen LogP) is 1.29. The summed E-state index contributed by atoms with van der Waals surface area (Å²) < 4.78 is 9.85. The predicted molar refractivity (Wildman–Crippen MR) is 45.9 cm³/mol. The third kappa shape index (κ3) is 7.34. The Labute approximate surface area is 73.0 Å². The number of nitrogens with two attached hydrogens (primary N) is 1. The van der Waals surface area contributed by atoms with Crippen LogP contribution in [0.4, 0.5) is 4.79 Å². The molecule has 0 aliphatic heterocycles. The molecular weight excluding hydrogens is 158 g/mol. The summed E-state index contributed by atoms with van der Waals surface area (Å²) in [6.45, 7) is 4.97. The molecule has 1 amide bonds. The van der Waals surface area contributed by atoms with E-state index >= 15 is 0 Å². The minimum Gasteiger partial charge on any atom is -0.444 e. The molecule has 0 aliphatic carbocycles. The van der Waals surface area contributed by atoms with Gasteiger partial charge in [-0.3, -0.25) is 0 Å². The maximum atomic E-state index is 10.2. The topological polar surface area (TPSA) is 61.6 Å². The highest BCUT2D eigenvalue weighted by molar-refractivity contribution is 5.64. The lowest BCUT2D eigenvalue weighted by atomic mass is 10.3. The second kappa shape index (κ2) is 6.91. The van der Waals surface area contributed by atoms with E-state index in [1.165, 1.54) is 0 Å². The van der Waals surface area contributed by atoms with E-state index in [-0.39, 0.29) is 6.10 Å². The van der Waals surface area contributed by atoms with Crippen molar-refractivity contribution in [2.24, 2.45) is 5.73 Å². The van der Waals surface area contributed by atoms with Crippen LogP contribution in [0.25, 0.3) is 0 Å². The normalized spacial score (nSPS) is 12.5. The number of carbonyl (C=O) groups excluding carboxylic acids is 1. The first-order valence-corrected chi connectivity index (χ1v) is 4.20. The van der Waals surface area contributed by atoms with Gasteiger partial charge in [0.1, 0.15) is 6.10 Å². The Morgan fingerprint density at radius 2 is 2.25 bits per heavy atom. The second-order valence-corrected chi connectivity index (χ2v) is 2.68. The summed E-state index contributed by atoms with van der Waals surface area (Å²) in [6, 6.07) is 0. The van der Waals surface area contributed by atoms with Gasteiger partial charge in [-0.05, 0) is 13.3 Å². The van der Waals surface area contributed by atoms with Crippen molar-refractivity contribution in [2.45, 2.75) is 32.8 Å². The van der Waals surface area contributed by atoms with E-state index in [1.54, 1.807) is 6.92 Å². The fourth-order valence-electron chi connectivity index (χ4n) is 0.728. The third-order valence-corrected chi connectivity index (χ3v) is 1.31.